The van der Waals surface area contributed by atoms with E-state index in [4.69, 9.17) is 0 Å². The number of rotatable bonds is 5. The lowest BCUT2D eigenvalue weighted by Crippen LogP contribution is -2.17. The third kappa shape index (κ3) is 3.88. The van der Waals surface area contributed by atoms with Crippen LogP contribution in [0.2, 0.25) is 0 Å². The Bertz CT molecular complexity index is 730. The van der Waals surface area contributed by atoms with Crippen LogP contribution in [-0.4, -0.2) is 11.5 Å². The quantitative estimate of drug-likeness (QED) is 0.489. The molecule has 0 atom stereocenters. The smallest absolute Gasteiger partial charge is 0.212 e. The monoisotopic (exact) mass is 323 g/mol. The molecule has 0 bridgehead atoms. The van der Waals surface area contributed by atoms with Gasteiger partial charge in [0.25, 0.3) is 0 Å². The van der Waals surface area contributed by atoms with Crippen molar-refractivity contribution in [3.8, 4) is 0 Å². The highest BCUT2D eigenvalue weighted by Gasteiger charge is 2.28. The van der Waals surface area contributed by atoms with Crippen LogP contribution in [0.3, 0.4) is 0 Å². The molecule has 3 heteroatoms. The van der Waals surface area contributed by atoms with E-state index >= 15 is 0 Å². The van der Waals surface area contributed by atoms with Crippen LogP contribution >= 0.6 is 0 Å². The van der Waals surface area contributed by atoms with Gasteiger partial charge < -0.3 is 0 Å². The van der Waals surface area contributed by atoms with Gasteiger partial charge >= 0.3 is 0 Å². The fraction of sp³-hybridized carbons (Fsp3) is 0.0500. The molecule has 0 N–H and O–H groups in total. The molecule has 23 heavy (non-hydrogen) atoms. The Hall–Kier alpha value is -2.39. The topological polar surface area (TPSA) is 17.1 Å². The van der Waals surface area contributed by atoms with Gasteiger partial charge in [-0.25, -0.2) is 4.39 Å². The molecule has 114 valence electrons. The summed E-state index contributed by atoms with van der Waals surface area (Å²) in [5.74, 6) is 0.0901. The number of hydrogen-bond acceptors (Lipinski definition) is 1. The zero-order chi connectivity index (χ0) is 16.1. The molecule has 0 heterocycles. The fourth-order valence-corrected chi connectivity index (χ4v) is 4.33. The average molecular weight is 323 g/mol. The Kier molecular flexibility index (Phi) is 4.89. The van der Waals surface area contributed by atoms with Gasteiger partial charge in [-0.1, -0.05) is 36.4 Å². The lowest BCUT2D eigenvalue weighted by atomic mass is 10.1. The Morgan fingerprint density at radius 1 is 0.739 bits per heavy atom. The van der Waals surface area contributed by atoms with Crippen LogP contribution in [0.15, 0.2) is 94.7 Å². The second-order valence-corrected chi connectivity index (χ2v) is 7.10. The van der Waals surface area contributed by atoms with E-state index in [9.17, 15) is 9.18 Å². The third-order valence-corrected chi connectivity index (χ3v) is 5.73. The zero-order valence-electron chi connectivity index (χ0n) is 12.5. The SMILES string of the molecule is O=C(C[S+](c1ccccc1)c1ccccc1)c1ccc(F)cc1. The van der Waals surface area contributed by atoms with Crippen molar-refractivity contribution in [1.82, 2.24) is 0 Å². The van der Waals surface area contributed by atoms with Crippen LogP contribution in [-0.2, 0) is 10.9 Å². The fourth-order valence-electron chi connectivity index (χ4n) is 2.32. The van der Waals surface area contributed by atoms with E-state index in [0.29, 0.717) is 11.3 Å². The van der Waals surface area contributed by atoms with Gasteiger partial charge in [0.1, 0.15) is 5.82 Å². The van der Waals surface area contributed by atoms with Gasteiger partial charge in [0.15, 0.2) is 15.5 Å². The maximum Gasteiger partial charge on any atom is 0.212 e. The van der Waals surface area contributed by atoms with Crippen molar-refractivity contribution in [3.63, 3.8) is 0 Å². The Labute approximate surface area is 138 Å². The van der Waals surface area contributed by atoms with Crippen molar-refractivity contribution < 1.29 is 9.18 Å². The van der Waals surface area contributed by atoms with Crippen LogP contribution in [0.5, 0.6) is 0 Å². The molecule has 0 aliphatic carbocycles. The summed E-state index contributed by atoms with van der Waals surface area (Å²) in [5.41, 5.74) is 0.552. The largest absolute Gasteiger partial charge is 0.289 e. The summed E-state index contributed by atoms with van der Waals surface area (Å²) < 4.78 is 13.0. The first-order chi connectivity index (χ1) is 11.2. The third-order valence-electron chi connectivity index (χ3n) is 3.50. The van der Waals surface area contributed by atoms with Crippen LogP contribution in [0.25, 0.3) is 0 Å². The highest BCUT2D eigenvalue weighted by atomic mass is 32.2. The number of ketones is 1. The summed E-state index contributed by atoms with van der Waals surface area (Å²) in [4.78, 5) is 14.9. The lowest BCUT2D eigenvalue weighted by Gasteiger charge is -2.07. The highest BCUT2D eigenvalue weighted by Crippen LogP contribution is 2.24. The van der Waals surface area contributed by atoms with Gasteiger partial charge in [-0.2, -0.15) is 0 Å². The summed E-state index contributed by atoms with van der Waals surface area (Å²) in [5, 5.41) is 0. The van der Waals surface area contributed by atoms with E-state index in [0.717, 1.165) is 9.79 Å². The minimum absolute atomic E-state index is 0.0287. The standard InChI is InChI=1S/C20H16FOS/c21-17-13-11-16(12-14-17)20(22)15-23(18-7-3-1-4-8-18)19-9-5-2-6-10-19/h1-14H,15H2/q+1. The van der Waals surface area contributed by atoms with Crippen LogP contribution < -0.4 is 0 Å². The Balaban J connectivity index is 1.90. The molecule has 0 aliphatic rings. The number of hydrogen-bond donors (Lipinski definition) is 0. The van der Waals surface area contributed by atoms with E-state index < -0.39 is 0 Å². The molecule has 0 fully saturated rings. The molecule has 0 saturated carbocycles. The van der Waals surface area contributed by atoms with Gasteiger partial charge in [-0.3, -0.25) is 4.79 Å². The highest BCUT2D eigenvalue weighted by molar-refractivity contribution is 7.97. The van der Waals surface area contributed by atoms with Gasteiger partial charge in [0, 0.05) is 5.56 Å². The number of benzene rings is 3. The molecule has 0 aromatic heterocycles. The molecule has 0 amide bonds. The van der Waals surface area contributed by atoms with Crippen molar-refractivity contribution >= 4 is 16.7 Å². The van der Waals surface area contributed by atoms with Crippen molar-refractivity contribution in [3.05, 3.63) is 96.3 Å². The molecule has 0 saturated heterocycles. The van der Waals surface area contributed by atoms with E-state index in [2.05, 4.69) is 0 Å². The molecule has 3 aromatic rings. The molecule has 3 aromatic carbocycles. The van der Waals surface area contributed by atoms with E-state index in [1.807, 2.05) is 60.7 Å². The minimum Gasteiger partial charge on any atom is -0.289 e. The average Bonchev–Trinajstić information content (AvgIpc) is 2.61. The number of halogens is 1. The minimum atomic E-state index is -0.330. The first-order valence-corrected chi connectivity index (χ1v) is 8.73. The second kappa shape index (κ2) is 7.25. The molecule has 0 spiro atoms. The molecule has 1 nitrogen and oxygen atoms in total. The number of carbonyl (C=O) groups excluding carboxylic acids is 1. The maximum absolute atomic E-state index is 13.0. The molecular weight excluding hydrogens is 307 g/mol. The number of carbonyl (C=O) groups is 1. The first-order valence-electron chi connectivity index (χ1n) is 7.34. The summed E-state index contributed by atoms with van der Waals surface area (Å²) in [6, 6.07) is 25.8. The normalized spacial score (nSPS) is 10.7. The predicted molar refractivity (Wildman–Crippen MR) is 92.4 cm³/mol. The van der Waals surface area contributed by atoms with Gasteiger partial charge in [-0.15, -0.1) is 0 Å². The number of Topliss-reactive ketones (excluding diaryl/α,β-unsaturated/α-hetero) is 1. The predicted octanol–water partition coefficient (Wildman–Crippen LogP) is 4.74. The molecular formula is C20H16FOS+. The Morgan fingerprint density at radius 2 is 1.22 bits per heavy atom. The van der Waals surface area contributed by atoms with Crippen LogP contribution in [0.4, 0.5) is 4.39 Å². The Morgan fingerprint density at radius 3 is 1.70 bits per heavy atom. The van der Waals surface area contributed by atoms with Crippen molar-refractivity contribution in [1.29, 1.82) is 0 Å². The van der Waals surface area contributed by atoms with Gasteiger partial charge in [-0.05, 0) is 48.5 Å². The van der Waals surface area contributed by atoms with E-state index in [-0.39, 0.29) is 22.5 Å². The molecule has 3 rings (SSSR count). The van der Waals surface area contributed by atoms with Crippen molar-refractivity contribution in [2.45, 2.75) is 9.79 Å². The van der Waals surface area contributed by atoms with Crippen LogP contribution in [0, 0.1) is 5.82 Å². The first kappa shape index (κ1) is 15.5. The van der Waals surface area contributed by atoms with Crippen molar-refractivity contribution in [2.24, 2.45) is 0 Å². The van der Waals surface area contributed by atoms with Crippen LogP contribution in [0.1, 0.15) is 10.4 Å². The molecule has 0 unspecified atom stereocenters. The zero-order valence-corrected chi connectivity index (χ0v) is 13.3. The summed E-state index contributed by atoms with van der Waals surface area (Å²) in [6.45, 7) is 0. The van der Waals surface area contributed by atoms with E-state index in [1.54, 1.807) is 12.1 Å². The second-order valence-electron chi connectivity index (χ2n) is 5.09. The van der Waals surface area contributed by atoms with E-state index in [1.165, 1.54) is 12.1 Å². The molecule has 0 aliphatic heterocycles. The lowest BCUT2D eigenvalue weighted by molar-refractivity contribution is 0.102. The molecule has 0 radical (unpaired) electrons. The maximum atomic E-state index is 13.0. The van der Waals surface area contributed by atoms with Gasteiger partial charge in [0.2, 0.25) is 5.78 Å². The summed E-state index contributed by atoms with van der Waals surface area (Å²) >= 11 is 0. The summed E-state index contributed by atoms with van der Waals surface area (Å²) in [6.07, 6.45) is 0. The van der Waals surface area contributed by atoms with Crippen molar-refractivity contribution in [2.75, 3.05) is 5.75 Å². The van der Waals surface area contributed by atoms with Gasteiger partial charge in [0.05, 0.1) is 10.9 Å². The summed E-state index contributed by atoms with van der Waals surface area (Å²) in [7, 11) is -0.330.